The molecule has 1 N–H and O–H groups in total. The first-order valence-electron chi connectivity index (χ1n) is 6.21. The molecule has 6 heteroatoms. The van der Waals surface area contributed by atoms with Crippen LogP contribution in [0.3, 0.4) is 0 Å². The minimum atomic E-state index is -0.440. The van der Waals surface area contributed by atoms with Gasteiger partial charge in [0.05, 0.1) is 0 Å². The number of nitrogens with zero attached hydrogens (tertiary/aromatic N) is 1. The lowest BCUT2D eigenvalue weighted by Crippen LogP contribution is -2.25. The second kappa shape index (κ2) is 5.21. The van der Waals surface area contributed by atoms with Gasteiger partial charge in [-0.05, 0) is 24.3 Å². The first-order chi connectivity index (χ1) is 10.0. The van der Waals surface area contributed by atoms with Crippen LogP contribution >= 0.6 is 15.9 Å². The maximum absolute atomic E-state index is 11.8. The van der Waals surface area contributed by atoms with Gasteiger partial charge in [0.25, 0.3) is 5.91 Å². The molecule has 5 nitrogen and oxygen atoms in total. The Morgan fingerprint density at radius 1 is 1.24 bits per heavy atom. The largest absolute Gasteiger partial charge is 0.457 e. The maximum Gasteiger partial charge on any atom is 0.328 e. The fraction of sp³-hybridized carbons (Fsp3) is 0.0667. The van der Waals surface area contributed by atoms with E-state index in [0.717, 1.165) is 14.9 Å². The smallest absolute Gasteiger partial charge is 0.328 e. The monoisotopic (exact) mass is 346 g/mol. The molecule has 0 saturated carbocycles. The number of hydrogen-bond acceptors (Lipinski definition) is 3. The molecular weight excluding hydrogens is 336 g/mol. The lowest BCUT2D eigenvalue weighted by molar-refractivity contribution is -0.121. The molecule has 3 rings (SSSR count). The van der Waals surface area contributed by atoms with Gasteiger partial charge in [-0.15, -0.1) is 0 Å². The van der Waals surface area contributed by atoms with Crippen molar-refractivity contribution >= 4 is 33.9 Å². The number of halogens is 1. The number of amides is 3. The molecular formula is C15H11BrN2O3. The average Bonchev–Trinajstić information content (AvgIpc) is 3.01. The fourth-order valence-electron chi connectivity index (χ4n) is 1.99. The molecule has 2 aromatic rings. The Morgan fingerprint density at radius 2 is 2.05 bits per heavy atom. The minimum absolute atomic E-state index is 0.206. The summed E-state index contributed by atoms with van der Waals surface area (Å²) in [6.45, 7) is 0. The third-order valence-electron chi connectivity index (χ3n) is 3.10. The van der Waals surface area contributed by atoms with Crippen molar-refractivity contribution in [1.29, 1.82) is 0 Å². The van der Waals surface area contributed by atoms with Crippen LogP contribution in [-0.2, 0) is 4.79 Å². The van der Waals surface area contributed by atoms with Crippen LogP contribution in [0, 0.1) is 0 Å². The number of imide groups is 1. The highest BCUT2D eigenvalue weighted by Crippen LogP contribution is 2.26. The van der Waals surface area contributed by atoms with Gasteiger partial charge in [-0.2, -0.15) is 0 Å². The Labute approximate surface area is 129 Å². The molecule has 0 bridgehead atoms. The van der Waals surface area contributed by atoms with Crippen LogP contribution in [0.25, 0.3) is 17.4 Å². The molecule has 0 spiro atoms. The Kier molecular flexibility index (Phi) is 3.39. The number of benzene rings is 1. The highest BCUT2D eigenvalue weighted by molar-refractivity contribution is 9.10. The molecule has 106 valence electrons. The summed E-state index contributed by atoms with van der Waals surface area (Å²) >= 11 is 3.41. The molecule has 21 heavy (non-hydrogen) atoms. The van der Waals surface area contributed by atoms with Crippen LogP contribution in [0.4, 0.5) is 4.79 Å². The van der Waals surface area contributed by atoms with Crippen LogP contribution in [0.5, 0.6) is 0 Å². The molecule has 0 unspecified atom stereocenters. The number of rotatable bonds is 2. The van der Waals surface area contributed by atoms with Gasteiger partial charge >= 0.3 is 6.03 Å². The van der Waals surface area contributed by atoms with E-state index in [0.29, 0.717) is 11.5 Å². The normalized spacial score (nSPS) is 16.7. The molecule has 1 aromatic heterocycles. The third kappa shape index (κ3) is 2.62. The first kappa shape index (κ1) is 13.6. The Hall–Kier alpha value is -2.34. The summed E-state index contributed by atoms with van der Waals surface area (Å²) in [6, 6.07) is 10.8. The number of carbonyl (C=O) groups excluding carboxylic acids is 2. The standard InChI is InChI=1S/C15H11BrN2O3/c1-18-14(19)12(17-15(18)20)8-11-5-6-13(21-11)9-3-2-4-10(16)7-9/h2-8H,1H3,(H,17,20)/b12-8+. The zero-order valence-corrected chi connectivity index (χ0v) is 12.7. The number of urea groups is 1. The molecule has 2 heterocycles. The molecule has 1 aliphatic heterocycles. The van der Waals surface area contributed by atoms with E-state index in [9.17, 15) is 9.59 Å². The summed E-state index contributed by atoms with van der Waals surface area (Å²) in [6.07, 6.45) is 1.52. The van der Waals surface area contributed by atoms with Crippen LogP contribution in [-0.4, -0.2) is 23.9 Å². The highest BCUT2D eigenvalue weighted by Gasteiger charge is 2.30. The lowest BCUT2D eigenvalue weighted by atomic mass is 10.2. The Balaban J connectivity index is 1.89. The first-order valence-corrected chi connectivity index (χ1v) is 7.00. The number of likely N-dealkylation sites (N-methyl/N-ethyl adjacent to an activating group) is 1. The van der Waals surface area contributed by atoms with Crippen molar-refractivity contribution in [3.63, 3.8) is 0 Å². The third-order valence-corrected chi connectivity index (χ3v) is 3.60. The predicted molar refractivity (Wildman–Crippen MR) is 81.1 cm³/mol. The second-order valence-corrected chi connectivity index (χ2v) is 5.48. The highest BCUT2D eigenvalue weighted by atomic mass is 79.9. The van der Waals surface area contributed by atoms with Crippen molar-refractivity contribution < 1.29 is 14.0 Å². The average molecular weight is 347 g/mol. The molecule has 0 aliphatic carbocycles. The van der Waals surface area contributed by atoms with Crippen LogP contribution in [0.2, 0.25) is 0 Å². The van der Waals surface area contributed by atoms with Gasteiger partial charge in [-0.1, -0.05) is 28.1 Å². The van der Waals surface area contributed by atoms with Crippen LogP contribution in [0.15, 0.2) is 51.0 Å². The van der Waals surface area contributed by atoms with Gasteiger partial charge in [0.1, 0.15) is 17.2 Å². The van der Waals surface area contributed by atoms with Gasteiger partial charge in [0.2, 0.25) is 0 Å². The van der Waals surface area contributed by atoms with E-state index in [4.69, 9.17) is 4.42 Å². The minimum Gasteiger partial charge on any atom is -0.457 e. The van der Waals surface area contributed by atoms with Crippen molar-refractivity contribution in [1.82, 2.24) is 10.2 Å². The van der Waals surface area contributed by atoms with Crippen LogP contribution in [0.1, 0.15) is 5.76 Å². The molecule has 0 radical (unpaired) electrons. The summed E-state index contributed by atoms with van der Waals surface area (Å²) in [5.74, 6) is 0.817. The quantitative estimate of drug-likeness (QED) is 0.670. The Bertz CT molecular complexity index is 764. The van der Waals surface area contributed by atoms with E-state index in [1.54, 1.807) is 6.07 Å². The zero-order chi connectivity index (χ0) is 15.0. The summed E-state index contributed by atoms with van der Waals surface area (Å²) in [5.41, 5.74) is 1.13. The van der Waals surface area contributed by atoms with Gasteiger partial charge in [-0.25, -0.2) is 4.79 Å². The van der Waals surface area contributed by atoms with Gasteiger partial charge < -0.3 is 9.73 Å². The van der Waals surface area contributed by atoms with E-state index in [2.05, 4.69) is 21.2 Å². The summed E-state index contributed by atoms with van der Waals surface area (Å²) < 4.78 is 6.64. The SMILES string of the molecule is CN1C(=O)N/C(=C/c2ccc(-c3cccc(Br)c3)o2)C1=O. The second-order valence-electron chi connectivity index (χ2n) is 4.56. The topological polar surface area (TPSA) is 62.6 Å². The zero-order valence-electron chi connectivity index (χ0n) is 11.1. The lowest BCUT2D eigenvalue weighted by Gasteiger charge is -1.99. The molecule has 1 aromatic carbocycles. The van der Waals surface area contributed by atoms with E-state index in [1.807, 2.05) is 30.3 Å². The van der Waals surface area contributed by atoms with E-state index in [1.165, 1.54) is 13.1 Å². The number of carbonyl (C=O) groups is 2. The van der Waals surface area contributed by atoms with Gasteiger partial charge in [0, 0.05) is 23.2 Å². The van der Waals surface area contributed by atoms with Crippen molar-refractivity contribution in [3.8, 4) is 11.3 Å². The number of nitrogens with one attached hydrogen (secondary N) is 1. The van der Waals surface area contributed by atoms with Gasteiger partial charge in [0.15, 0.2) is 0 Å². The van der Waals surface area contributed by atoms with Crippen molar-refractivity contribution in [2.75, 3.05) is 7.05 Å². The van der Waals surface area contributed by atoms with E-state index in [-0.39, 0.29) is 11.6 Å². The summed E-state index contributed by atoms with van der Waals surface area (Å²) in [7, 11) is 1.42. The predicted octanol–water partition coefficient (Wildman–Crippen LogP) is 3.23. The van der Waals surface area contributed by atoms with Crippen LogP contribution < -0.4 is 5.32 Å². The van der Waals surface area contributed by atoms with Crippen molar-refractivity contribution in [2.45, 2.75) is 0 Å². The summed E-state index contributed by atoms with van der Waals surface area (Å²) in [4.78, 5) is 24.2. The number of furan rings is 1. The Morgan fingerprint density at radius 3 is 2.71 bits per heavy atom. The fourth-order valence-corrected chi connectivity index (χ4v) is 2.39. The van der Waals surface area contributed by atoms with E-state index < -0.39 is 6.03 Å². The molecule has 3 amide bonds. The van der Waals surface area contributed by atoms with Crippen molar-refractivity contribution in [2.24, 2.45) is 0 Å². The molecule has 1 aliphatic rings. The van der Waals surface area contributed by atoms with Crippen molar-refractivity contribution in [3.05, 3.63) is 52.3 Å². The molecule has 0 atom stereocenters. The molecule has 1 saturated heterocycles. The maximum atomic E-state index is 11.8. The summed E-state index contributed by atoms with van der Waals surface area (Å²) in [5, 5.41) is 2.49. The van der Waals surface area contributed by atoms with Gasteiger partial charge in [-0.3, -0.25) is 9.69 Å². The molecule has 1 fully saturated rings. The van der Waals surface area contributed by atoms with E-state index >= 15 is 0 Å². The number of hydrogen-bond donors (Lipinski definition) is 1.